The number of H-pyrrole nitrogens is 1. The molecule has 86 valence electrons. The van der Waals surface area contributed by atoms with Crippen molar-refractivity contribution in [1.82, 2.24) is 15.2 Å². The summed E-state index contributed by atoms with van der Waals surface area (Å²) in [6.07, 6.45) is 1.71. The number of halogens is 1. The molecule has 0 aromatic carbocycles. The Morgan fingerprint density at radius 1 is 1.44 bits per heavy atom. The van der Waals surface area contributed by atoms with E-state index < -0.39 is 0 Å². The first-order valence-electron chi connectivity index (χ1n) is 4.86. The molecular weight excluding hydrogens is 230 g/mol. The molecule has 0 spiro atoms. The number of aromatic nitrogens is 3. The monoisotopic (exact) mass is 241 g/mol. The first kappa shape index (κ1) is 11.3. The molecule has 2 aromatic heterocycles. The van der Waals surface area contributed by atoms with Crippen molar-refractivity contribution < 1.29 is 9.47 Å². The zero-order valence-corrected chi connectivity index (χ0v) is 9.62. The molecule has 0 fully saturated rings. The highest BCUT2D eigenvalue weighted by Crippen LogP contribution is 2.19. The third kappa shape index (κ3) is 2.49. The van der Waals surface area contributed by atoms with E-state index in [-0.39, 0.29) is 0 Å². The number of ether oxygens (including phenoxy) is 2. The van der Waals surface area contributed by atoms with Gasteiger partial charge in [0.15, 0.2) is 0 Å². The average Bonchev–Trinajstić information content (AvgIpc) is 2.72. The van der Waals surface area contributed by atoms with Gasteiger partial charge in [0.2, 0.25) is 0 Å². The lowest BCUT2D eigenvalue weighted by atomic mass is 10.2. The van der Waals surface area contributed by atoms with Crippen molar-refractivity contribution >= 4 is 22.5 Å². The summed E-state index contributed by atoms with van der Waals surface area (Å²) >= 11 is 5.89. The van der Waals surface area contributed by atoms with Crippen LogP contribution in [-0.4, -0.2) is 35.5 Å². The third-order valence-corrected chi connectivity index (χ3v) is 2.34. The lowest BCUT2D eigenvalue weighted by Crippen LogP contribution is -2.03. The average molecular weight is 242 g/mol. The van der Waals surface area contributed by atoms with Crippen LogP contribution in [0.25, 0.3) is 10.9 Å². The molecule has 0 radical (unpaired) electrons. The highest BCUT2D eigenvalue weighted by atomic mass is 35.5. The van der Waals surface area contributed by atoms with E-state index in [2.05, 4.69) is 15.2 Å². The van der Waals surface area contributed by atoms with Gasteiger partial charge in [0, 0.05) is 12.5 Å². The summed E-state index contributed by atoms with van der Waals surface area (Å²) in [5.74, 6) is 0. The van der Waals surface area contributed by atoms with Gasteiger partial charge < -0.3 is 9.47 Å². The van der Waals surface area contributed by atoms with Crippen molar-refractivity contribution in [3.63, 3.8) is 0 Å². The van der Waals surface area contributed by atoms with Crippen LogP contribution in [0.4, 0.5) is 0 Å². The molecule has 0 aliphatic heterocycles. The van der Waals surface area contributed by atoms with E-state index in [0.29, 0.717) is 25.0 Å². The summed E-state index contributed by atoms with van der Waals surface area (Å²) in [5, 5.41) is 8.20. The molecule has 0 aliphatic rings. The van der Waals surface area contributed by atoms with Crippen molar-refractivity contribution in [1.29, 1.82) is 0 Å². The quantitative estimate of drug-likeness (QED) is 0.640. The van der Waals surface area contributed by atoms with Crippen LogP contribution < -0.4 is 0 Å². The van der Waals surface area contributed by atoms with Gasteiger partial charge in [-0.15, -0.1) is 0 Å². The Morgan fingerprint density at radius 2 is 2.31 bits per heavy atom. The van der Waals surface area contributed by atoms with Gasteiger partial charge in [-0.25, -0.2) is 4.98 Å². The first-order chi connectivity index (χ1) is 7.81. The summed E-state index contributed by atoms with van der Waals surface area (Å²) in [5.41, 5.74) is 1.62. The number of aromatic amines is 1. The lowest BCUT2D eigenvalue weighted by molar-refractivity contribution is 0.0607. The molecule has 2 aromatic rings. The Morgan fingerprint density at radius 3 is 3.12 bits per heavy atom. The Hall–Kier alpha value is -1.17. The number of rotatable bonds is 5. The molecule has 5 nitrogen and oxygen atoms in total. The van der Waals surface area contributed by atoms with Gasteiger partial charge in [0.05, 0.1) is 37.2 Å². The minimum Gasteiger partial charge on any atom is -0.382 e. The predicted molar refractivity (Wildman–Crippen MR) is 60.4 cm³/mol. The van der Waals surface area contributed by atoms with Crippen LogP contribution in [0.3, 0.4) is 0 Å². The Kier molecular flexibility index (Phi) is 3.71. The summed E-state index contributed by atoms with van der Waals surface area (Å²) in [7, 11) is 1.63. The van der Waals surface area contributed by atoms with E-state index in [0.717, 1.165) is 16.6 Å². The lowest BCUT2D eigenvalue weighted by Gasteiger charge is -2.04. The minimum absolute atomic E-state index is 0.391. The van der Waals surface area contributed by atoms with Crippen LogP contribution in [0.1, 0.15) is 5.69 Å². The second-order valence-electron chi connectivity index (χ2n) is 3.27. The SMILES string of the molecule is COCCOCc1nc(Cl)cc2cn[nH]c12. The van der Waals surface area contributed by atoms with Crippen molar-refractivity contribution in [2.24, 2.45) is 0 Å². The second-order valence-corrected chi connectivity index (χ2v) is 3.66. The van der Waals surface area contributed by atoms with Crippen LogP contribution in [0.5, 0.6) is 0 Å². The summed E-state index contributed by atoms with van der Waals surface area (Å²) < 4.78 is 10.3. The van der Waals surface area contributed by atoms with E-state index in [9.17, 15) is 0 Å². The number of hydrogen-bond donors (Lipinski definition) is 1. The third-order valence-electron chi connectivity index (χ3n) is 2.14. The number of nitrogens with one attached hydrogen (secondary N) is 1. The van der Waals surface area contributed by atoms with Crippen molar-refractivity contribution in [3.8, 4) is 0 Å². The molecule has 0 amide bonds. The minimum atomic E-state index is 0.391. The molecule has 0 saturated carbocycles. The van der Waals surface area contributed by atoms with Gasteiger partial charge in [-0.05, 0) is 6.07 Å². The fourth-order valence-electron chi connectivity index (χ4n) is 1.40. The Balaban J connectivity index is 2.12. The Bertz CT molecular complexity index is 472. The standard InChI is InChI=1S/C10H12ClN3O2/c1-15-2-3-16-6-8-10-7(5-12-14-10)4-9(11)13-8/h4-5H,2-3,6H2,1H3,(H,12,14). The van der Waals surface area contributed by atoms with Gasteiger partial charge >= 0.3 is 0 Å². The molecule has 0 saturated heterocycles. The van der Waals surface area contributed by atoms with Crippen LogP contribution in [0, 0.1) is 0 Å². The van der Waals surface area contributed by atoms with Crippen molar-refractivity contribution in [2.45, 2.75) is 6.61 Å². The van der Waals surface area contributed by atoms with Crippen LogP contribution in [-0.2, 0) is 16.1 Å². The Labute approximate surface area is 97.7 Å². The summed E-state index contributed by atoms with van der Waals surface area (Å²) in [6.45, 7) is 1.48. The van der Waals surface area contributed by atoms with Crippen molar-refractivity contribution in [2.75, 3.05) is 20.3 Å². The smallest absolute Gasteiger partial charge is 0.130 e. The number of pyridine rings is 1. The maximum atomic E-state index is 5.89. The molecule has 0 bridgehead atoms. The van der Waals surface area contributed by atoms with Crippen LogP contribution >= 0.6 is 11.6 Å². The maximum absolute atomic E-state index is 5.89. The highest BCUT2D eigenvalue weighted by Gasteiger charge is 2.06. The van der Waals surface area contributed by atoms with E-state index in [4.69, 9.17) is 21.1 Å². The normalized spacial score (nSPS) is 11.1. The molecule has 1 N–H and O–H groups in total. The maximum Gasteiger partial charge on any atom is 0.130 e. The molecular formula is C10H12ClN3O2. The van der Waals surface area contributed by atoms with Gasteiger partial charge in [-0.2, -0.15) is 5.10 Å². The fraction of sp³-hybridized carbons (Fsp3) is 0.400. The van der Waals surface area contributed by atoms with E-state index >= 15 is 0 Å². The van der Waals surface area contributed by atoms with Gasteiger partial charge in [-0.1, -0.05) is 11.6 Å². The molecule has 6 heteroatoms. The molecule has 16 heavy (non-hydrogen) atoms. The van der Waals surface area contributed by atoms with Crippen LogP contribution in [0.2, 0.25) is 5.15 Å². The van der Waals surface area contributed by atoms with Crippen LogP contribution in [0.15, 0.2) is 12.3 Å². The van der Waals surface area contributed by atoms with Gasteiger partial charge in [0.25, 0.3) is 0 Å². The second kappa shape index (κ2) is 5.25. The van der Waals surface area contributed by atoms with E-state index in [1.165, 1.54) is 0 Å². The summed E-state index contributed by atoms with van der Waals surface area (Å²) in [4.78, 5) is 4.20. The zero-order chi connectivity index (χ0) is 11.4. The van der Waals surface area contributed by atoms with Gasteiger partial charge in [-0.3, -0.25) is 5.10 Å². The molecule has 0 atom stereocenters. The van der Waals surface area contributed by atoms with E-state index in [1.807, 2.05) is 0 Å². The zero-order valence-electron chi connectivity index (χ0n) is 8.86. The molecule has 0 unspecified atom stereocenters. The number of nitrogens with zero attached hydrogens (tertiary/aromatic N) is 2. The topological polar surface area (TPSA) is 60.0 Å². The molecule has 0 aliphatic carbocycles. The number of hydrogen-bond acceptors (Lipinski definition) is 4. The molecule has 2 rings (SSSR count). The first-order valence-corrected chi connectivity index (χ1v) is 5.24. The largest absolute Gasteiger partial charge is 0.382 e. The van der Waals surface area contributed by atoms with E-state index in [1.54, 1.807) is 19.4 Å². The predicted octanol–water partition coefficient (Wildman–Crippen LogP) is 1.77. The van der Waals surface area contributed by atoms with Gasteiger partial charge in [0.1, 0.15) is 5.15 Å². The number of fused-ring (bicyclic) bond motifs is 1. The van der Waals surface area contributed by atoms with Crippen molar-refractivity contribution in [3.05, 3.63) is 23.1 Å². The number of methoxy groups -OCH3 is 1. The highest BCUT2D eigenvalue weighted by molar-refractivity contribution is 6.30. The summed E-state index contributed by atoms with van der Waals surface area (Å²) in [6, 6.07) is 1.76. The fourth-order valence-corrected chi connectivity index (χ4v) is 1.62. The molecule has 2 heterocycles.